The van der Waals surface area contributed by atoms with Crippen molar-refractivity contribution in [3.8, 4) is 5.75 Å². The standard InChI is InChI=1S/C14H19F3N4O2/c1-21-5-6-22-12(9-21)8-19-13(18)20-10-3-2-4-11(7-10)23-14(15,16)17/h2-4,7,12H,5-6,8-9H2,1H3,(H3,18,19,20). The Morgan fingerprint density at radius 1 is 1.52 bits per heavy atom. The summed E-state index contributed by atoms with van der Waals surface area (Å²) in [6, 6.07) is 5.39. The largest absolute Gasteiger partial charge is 0.573 e. The zero-order chi connectivity index (χ0) is 16.9. The van der Waals surface area contributed by atoms with Crippen molar-refractivity contribution in [2.24, 2.45) is 10.7 Å². The monoisotopic (exact) mass is 332 g/mol. The first kappa shape index (κ1) is 17.4. The Hall–Kier alpha value is -2.00. The molecule has 1 aliphatic rings. The third-order valence-corrected chi connectivity index (χ3v) is 3.15. The maximum Gasteiger partial charge on any atom is 0.573 e. The van der Waals surface area contributed by atoms with Crippen LogP contribution in [0.2, 0.25) is 0 Å². The van der Waals surface area contributed by atoms with E-state index in [0.29, 0.717) is 18.8 Å². The van der Waals surface area contributed by atoms with E-state index in [1.54, 1.807) is 6.07 Å². The normalized spacial score (nSPS) is 20.3. The van der Waals surface area contributed by atoms with Crippen LogP contribution in [0.25, 0.3) is 0 Å². The molecular formula is C14H19F3N4O2. The van der Waals surface area contributed by atoms with Crippen LogP contribution in [0.4, 0.5) is 18.9 Å². The number of likely N-dealkylation sites (N-methyl/N-ethyl adjacent to an activating group) is 1. The van der Waals surface area contributed by atoms with E-state index < -0.39 is 6.36 Å². The lowest BCUT2D eigenvalue weighted by Crippen LogP contribution is -2.41. The van der Waals surface area contributed by atoms with Gasteiger partial charge in [0.2, 0.25) is 0 Å². The molecule has 23 heavy (non-hydrogen) atoms. The van der Waals surface area contributed by atoms with E-state index in [0.717, 1.165) is 13.1 Å². The summed E-state index contributed by atoms with van der Waals surface area (Å²) in [5, 5.41) is 2.73. The van der Waals surface area contributed by atoms with Crippen LogP contribution in [0.1, 0.15) is 0 Å². The highest BCUT2D eigenvalue weighted by molar-refractivity contribution is 5.92. The number of hydrogen-bond acceptors (Lipinski definition) is 4. The van der Waals surface area contributed by atoms with Gasteiger partial charge in [-0.25, -0.2) is 0 Å². The molecule has 0 spiro atoms. The van der Waals surface area contributed by atoms with E-state index in [-0.39, 0.29) is 17.8 Å². The molecule has 1 aliphatic heterocycles. The molecule has 3 N–H and O–H groups in total. The summed E-state index contributed by atoms with van der Waals surface area (Å²) in [5.41, 5.74) is 6.10. The van der Waals surface area contributed by atoms with E-state index in [9.17, 15) is 13.2 Å². The highest BCUT2D eigenvalue weighted by Gasteiger charge is 2.31. The summed E-state index contributed by atoms with van der Waals surface area (Å²) in [6.45, 7) is 2.65. The lowest BCUT2D eigenvalue weighted by atomic mass is 10.3. The molecule has 128 valence electrons. The van der Waals surface area contributed by atoms with Crippen LogP contribution >= 0.6 is 0 Å². The predicted molar refractivity (Wildman–Crippen MR) is 80.5 cm³/mol. The molecule has 0 saturated carbocycles. The van der Waals surface area contributed by atoms with Crippen LogP contribution in [0.15, 0.2) is 29.3 Å². The molecule has 0 aliphatic carbocycles. The molecule has 1 unspecified atom stereocenters. The third-order valence-electron chi connectivity index (χ3n) is 3.15. The van der Waals surface area contributed by atoms with E-state index in [1.165, 1.54) is 18.2 Å². The Morgan fingerprint density at radius 3 is 3.00 bits per heavy atom. The van der Waals surface area contributed by atoms with Gasteiger partial charge in [-0.05, 0) is 19.2 Å². The molecule has 0 amide bonds. The number of benzene rings is 1. The second-order valence-corrected chi connectivity index (χ2v) is 5.18. The van der Waals surface area contributed by atoms with Crippen molar-refractivity contribution >= 4 is 11.6 Å². The van der Waals surface area contributed by atoms with Crippen LogP contribution in [0.5, 0.6) is 5.75 Å². The lowest BCUT2D eigenvalue weighted by Gasteiger charge is -2.29. The molecule has 1 aromatic rings. The number of rotatable bonds is 4. The average molecular weight is 332 g/mol. The van der Waals surface area contributed by atoms with Crippen molar-refractivity contribution in [3.63, 3.8) is 0 Å². The van der Waals surface area contributed by atoms with Gasteiger partial charge in [0.15, 0.2) is 5.96 Å². The molecule has 2 rings (SSSR count). The second kappa shape index (κ2) is 7.51. The number of morpholine rings is 1. The van der Waals surface area contributed by atoms with Crippen LogP contribution < -0.4 is 15.8 Å². The molecule has 9 heteroatoms. The number of halogens is 3. The molecule has 1 fully saturated rings. The molecule has 1 saturated heterocycles. The minimum absolute atomic E-state index is 0.0472. The van der Waals surface area contributed by atoms with E-state index in [2.05, 4.69) is 19.9 Å². The minimum atomic E-state index is -4.73. The van der Waals surface area contributed by atoms with Crippen molar-refractivity contribution in [2.45, 2.75) is 12.5 Å². The maximum atomic E-state index is 12.2. The fourth-order valence-electron chi connectivity index (χ4n) is 2.14. The Kier molecular flexibility index (Phi) is 5.67. The molecule has 0 bridgehead atoms. The van der Waals surface area contributed by atoms with Gasteiger partial charge >= 0.3 is 6.36 Å². The first-order valence-corrected chi connectivity index (χ1v) is 7.05. The topological polar surface area (TPSA) is 72.1 Å². The zero-order valence-electron chi connectivity index (χ0n) is 12.6. The van der Waals surface area contributed by atoms with Crippen molar-refractivity contribution in [1.29, 1.82) is 0 Å². The number of aliphatic imine (C=N–C) groups is 1. The zero-order valence-corrected chi connectivity index (χ0v) is 12.6. The summed E-state index contributed by atoms with van der Waals surface area (Å²) in [6.07, 6.45) is -4.78. The van der Waals surface area contributed by atoms with Gasteiger partial charge in [-0.15, -0.1) is 13.2 Å². The van der Waals surface area contributed by atoms with Gasteiger partial charge in [0.1, 0.15) is 5.75 Å². The van der Waals surface area contributed by atoms with E-state index in [4.69, 9.17) is 10.5 Å². The Balaban J connectivity index is 1.90. The highest BCUT2D eigenvalue weighted by atomic mass is 19.4. The summed E-state index contributed by atoms with van der Waals surface area (Å²) in [4.78, 5) is 6.28. The molecule has 0 radical (unpaired) electrons. The second-order valence-electron chi connectivity index (χ2n) is 5.18. The van der Waals surface area contributed by atoms with Crippen LogP contribution in [0.3, 0.4) is 0 Å². The minimum Gasteiger partial charge on any atom is -0.406 e. The van der Waals surface area contributed by atoms with Crippen molar-refractivity contribution in [3.05, 3.63) is 24.3 Å². The van der Waals surface area contributed by atoms with Gasteiger partial charge in [0.25, 0.3) is 0 Å². The molecule has 1 heterocycles. The molecule has 1 aromatic carbocycles. The number of nitrogens with zero attached hydrogens (tertiary/aromatic N) is 2. The van der Waals surface area contributed by atoms with E-state index in [1.807, 2.05) is 7.05 Å². The summed E-state index contributed by atoms with van der Waals surface area (Å²) < 4.78 is 45.9. The number of nitrogens with two attached hydrogens (primary N) is 1. The number of hydrogen-bond donors (Lipinski definition) is 2. The molecule has 6 nitrogen and oxygen atoms in total. The summed E-state index contributed by atoms with van der Waals surface area (Å²) >= 11 is 0. The van der Waals surface area contributed by atoms with Gasteiger partial charge in [-0.3, -0.25) is 4.99 Å². The van der Waals surface area contributed by atoms with Gasteiger partial charge in [0.05, 0.1) is 19.3 Å². The van der Waals surface area contributed by atoms with Crippen molar-refractivity contribution < 1.29 is 22.6 Å². The SMILES string of the molecule is CN1CCOC(CN=C(N)Nc2cccc(OC(F)(F)F)c2)C1. The Labute approximate surface area is 132 Å². The van der Waals surface area contributed by atoms with E-state index >= 15 is 0 Å². The molecule has 0 aromatic heterocycles. The Morgan fingerprint density at radius 2 is 2.30 bits per heavy atom. The van der Waals surface area contributed by atoms with Gasteiger partial charge in [0, 0.05) is 24.8 Å². The fraction of sp³-hybridized carbons (Fsp3) is 0.500. The first-order chi connectivity index (χ1) is 10.8. The van der Waals surface area contributed by atoms with Crippen LogP contribution in [0, 0.1) is 0 Å². The van der Waals surface area contributed by atoms with Crippen molar-refractivity contribution in [2.75, 3.05) is 38.6 Å². The average Bonchev–Trinajstić information content (AvgIpc) is 2.44. The summed E-state index contributed by atoms with van der Waals surface area (Å²) in [7, 11) is 1.99. The van der Waals surface area contributed by atoms with Crippen LogP contribution in [-0.4, -0.2) is 56.6 Å². The number of nitrogens with one attached hydrogen (secondary N) is 1. The molecule has 1 atom stereocenters. The van der Waals surface area contributed by atoms with Gasteiger partial charge in [-0.1, -0.05) is 6.07 Å². The number of alkyl halides is 3. The number of ether oxygens (including phenoxy) is 2. The Bertz CT molecular complexity index is 551. The predicted octanol–water partition coefficient (Wildman–Crippen LogP) is 1.64. The van der Waals surface area contributed by atoms with Crippen LogP contribution in [-0.2, 0) is 4.74 Å². The first-order valence-electron chi connectivity index (χ1n) is 7.05. The fourth-order valence-corrected chi connectivity index (χ4v) is 2.14. The molecular weight excluding hydrogens is 313 g/mol. The maximum absolute atomic E-state index is 12.2. The number of guanidine groups is 1. The third kappa shape index (κ3) is 6.33. The summed E-state index contributed by atoms with van der Waals surface area (Å²) in [5.74, 6) is -0.224. The number of anilines is 1. The smallest absolute Gasteiger partial charge is 0.406 e. The van der Waals surface area contributed by atoms with Gasteiger partial charge < -0.3 is 25.4 Å². The highest BCUT2D eigenvalue weighted by Crippen LogP contribution is 2.24. The van der Waals surface area contributed by atoms with Crippen molar-refractivity contribution in [1.82, 2.24) is 4.90 Å². The lowest BCUT2D eigenvalue weighted by molar-refractivity contribution is -0.274. The van der Waals surface area contributed by atoms with Gasteiger partial charge in [-0.2, -0.15) is 0 Å². The quantitative estimate of drug-likeness (QED) is 0.648.